The Morgan fingerprint density at radius 2 is 2.00 bits per heavy atom. The van der Waals surface area contributed by atoms with Crippen LogP contribution in [0.5, 0.6) is 0 Å². The van der Waals surface area contributed by atoms with E-state index in [4.69, 9.17) is 28.5 Å². The summed E-state index contributed by atoms with van der Waals surface area (Å²) in [5.41, 5.74) is 2.87. The summed E-state index contributed by atoms with van der Waals surface area (Å²) >= 11 is 12.0. The van der Waals surface area contributed by atoms with Crippen molar-refractivity contribution in [1.29, 1.82) is 5.26 Å². The van der Waals surface area contributed by atoms with Gasteiger partial charge in [0.05, 0.1) is 11.6 Å². The molecule has 0 bridgehead atoms. The maximum Gasteiger partial charge on any atom is 0.0991 e. The number of nitrogens with zero attached hydrogens (tertiary/aromatic N) is 1. The van der Waals surface area contributed by atoms with Gasteiger partial charge in [0.25, 0.3) is 0 Å². The molecule has 0 saturated heterocycles. The second kappa shape index (κ2) is 7.47. The van der Waals surface area contributed by atoms with Crippen molar-refractivity contribution in [3.63, 3.8) is 0 Å². The summed E-state index contributed by atoms with van der Waals surface area (Å²) in [5, 5.41) is 13.7. The molecule has 2 nitrogen and oxygen atoms in total. The van der Waals surface area contributed by atoms with E-state index in [1.54, 1.807) is 6.07 Å². The van der Waals surface area contributed by atoms with Crippen LogP contribution in [0.2, 0.25) is 10.0 Å². The Morgan fingerprint density at radius 3 is 2.71 bits per heavy atom. The van der Waals surface area contributed by atoms with Gasteiger partial charge in [0.15, 0.2) is 0 Å². The monoisotopic (exact) mass is 318 g/mol. The first kappa shape index (κ1) is 15.9. The van der Waals surface area contributed by atoms with Gasteiger partial charge in [-0.3, -0.25) is 0 Å². The summed E-state index contributed by atoms with van der Waals surface area (Å²) in [6.45, 7) is 2.89. The van der Waals surface area contributed by atoms with E-state index in [-0.39, 0.29) is 6.04 Å². The Bertz CT molecular complexity index is 662. The molecule has 4 heteroatoms. The molecule has 2 aromatic rings. The number of hydrogen-bond donors (Lipinski definition) is 1. The largest absolute Gasteiger partial charge is 0.310 e. The van der Waals surface area contributed by atoms with E-state index in [1.807, 2.05) is 36.4 Å². The normalized spacial score (nSPS) is 11.9. The zero-order valence-corrected chi connectivity index (χ0v) is 13.2. The molecule has 0 aromatic heterocycles. The summed E-state index contributed by atoms with van der Waals surface area (Å²) in [4.78, 5) is 0. The van der Waals surface area contributed by atoms with Gasteiger partial charge in [-0.25, -0.2) is 0 Å². The first-order valence-corrected chi connectivity index (χ1v) is 7.53. The molecule has 0 aliphatic rings. The van der Waals surface area contributed by atoms with E-state index in [2.05, 4.69) is 18.3 Å². The second-order valence-corrected chi connectivity index (χ2v) is 5.74. The minimum absolute atomic E-state index is 0.185. The van der Waals surface area contributed by atoms with Crippen LogP contribution >= 0.6 is 23.2 Å². The maximum absolute atomic E-state index is 8.93. The zero-order chi connectivity index (χ0) is 15.2. The minimum Gasteiger partial charge on any atom is -0.310 e. The molecule has 2 rings (SSSR count). The van der Waals surface area contributed by atoms with Gasteiger partial charge in [-0.2, -0.15) is 5.26 Å². The van der Waals surface area contributed by atoms with Gasteiger partial charge in [0.1, 0.15) is 0 Å². The lowest BCUT2D eigenvalue weighted by Crippen LogP contribution is -2.21. The van der Waals surface area contributed by atoms with E-state index in [0.29, 0.717) is 15.6 Å². The molecule has 0 aliphatic heterocycles. The van der Waals surface area contributed by atoms with Crippen molar-refractivity contribution in [2.24, 2.45) is 0 Å². The topological polar surface area (TPSA) is 35.8 Å². The van der Waals surface area contributed by atoms with Crippen LogP contribution in [0.4, 0.5) is 0 Å². The molecule has 108 valence electrons. The van der Waals surface area contributed by atoms with E-state index >= 15 is 0 Å². The molecule has 0 aliphatic carbocycles. The van der Waals surface area contributed by atoms with Crippen molar-refractivity contribution in [2.75, 3.05) is 6.54 Å². The Labute approximate surface area is 135 Å². The number of halogens is 2. The average Bonchev–Trinajstić information content (AvgIpc) is 2.49. The smallest absolute Gasteiger partial charge is 0.0991 e. The number of nitrogens with one attached hydrogen (secondary N) is 1. The van der Waals surface area contributed by atoms with Gasteiger partial charge in [-0.05, 0) is 55.3 Å². The van der Waals surface area contributed by atoms with Crippen molar-refractivity contribution in [3.05, 3.63) is 69.2 Å². The van der Waals surface area contributed by atoms with Gasteiger partial charge < -0.3 is 5.32 Å². The van der Waals surface area contributed by atoms with E-state index in [1.165, 1.54) is 0 Å². The van der Waals surface area contributed by atoms with Gasteiger partial charge in [-0.1, -0.05) is 41.4 Å². The summed E-state index contributed by atoms with van der Waals surface area (Å²) in [6.07, 6.45) is 0.832. The number of hydrogen-bond acceptors (Lipinski definition) is 2. The molecular weight excluding hydrogens is 303 g/mol. The van der Waals surface area contributed by atoms with Crippen molar-refractivity contribution in [1.82, 2.24) is 5.32 Å². The van der Waals surface area contributed by atoms with Crippen LogP contribution in [0.3, 0.4) is 0 Å². The highest BCUT2D eigenvalue weighted by atomic mass is 35.5. The highest BCUT2D eigenvalue weighted by Crippen LogP contribution is 2.21. The summed E-state index contributed by atoms with van der Waals surface area (Å²) < 4.78 is 0. The van der Waals surface area contributed by atoms with Gasteiger partial charge in [0, 0.05) is 16.1 Å². The number of rotatable bonds is 5. The third-order valence-electron chi connectivity index (χ3n) is 3.38. The standard InChI is InChI=1S/C17H16Cl2N2/c1-12(15-4-2-3-13(9-15)11-20)21-8-7-14-5-6-16(18)10-17(14)19/h2-6,9-10,12,21H,7-8H2,1H3. The molecule has 2 aromatic carbocycles. The second-order valence-electron chi connectivity index (χ2n) is 4.90. The number of benzene rings is 2. The van der Waals surface area contributed by atoms with E-state index < -0.39 is 0 Å². The van der Waals surface area contributed by atoms with Gasteiger partial charge >= 0.3 is 0 Å². The molecule has 1 N–H and O–H groups in total. The van der Waals surface area contributed by atoms with Crippen molar-refractivity contribution in [3.8, 4) is 6.07 Å². The van der Waals surface area contributed by atoms with Crippen LogP contribution in [-0.4, -0.2) is 6.54 Å². The predicted octanol–water partition coefficient (Wildman–Crippen LogP) is 4.76. The molecule has 21 heavy (non-hydrogen) atoms. The Morgan fingerprint density at radius 1 is 1.19 bits per heavy atom. The molecule has 0 saturated carbocycles. The third-order valence-corrected chi connectivity index (χ3v) is 3.96. The van der Waals surface area contributed by atoms with Crippen molar-refractivity contribution in [2.45, 2.75) is 19.4 Å². The van der Waals surface area contributed by atoms with Crippen LogP contribution in [-0.2, 0) is 6.42 Å². The Balaban J connectivity index is 1.92. The molecular formula is C17H16Cl2N2. The predicted molar refractivity (Wildman–Crippen MR) is 87.7 cm³/mol. The fraction of sp³-hybridized carbons (Fsp3) is 0.235. The highest BCUT2D eigenvalue weighted by Gasteiger charge is 2.06. The van der Waals surface area contributed by atoms with Crippen LogP contribution in [0.15, 0.2) is 42.5 Å². The van der Waals surface area contributed by atoms with Crippen LogP contribution in [0, 0.1) is 11.3 Å². The summed E-state index contributed by atoms with van der Waals surface area (Å²) in [6, 6.07) is 15.6. The first-order valence-electron chi connectivity index (χ1n) is 6.77. The molecule has 1 atom stereocenters. The van der Waals surface area contributed by atoms with Gasteiger partial charge in [0.2, 0.25) is 0 Å². The average molecular weight is 319 g/mol. The lowest BCUT2D eigenvalue weighted by molar-refractivity contribution is 0.577. The van der Waals surface area contributed by atoms with Crippen LogP contribution < -0.4 is 5.32 Å². The summed E-state index contributed by atoms with van der Waals surface area (Å²) in [5.74, 6) is 0. The SMILES string of the molecule is CC(NCCc1ccc(Cl)cc1Cl)c1cccc(C#N)c1. The lowest BCUT2D eigenvalue weighted by atomic mass is 10.1. The lowest BCUT2D eigenvalue weighted by Gasteiger charge is -2.15. The molecule has 0 fully saturated rings. The highest BCUT2D eigenvalue weighted by molar-refractivity contribution is 6.35. The molecule has 0 amide bonds. The molecule has 1 unspecified atom stereocenters. The quantitative estimate of drug-likeness (QED) is 0.862. The molecule has 0 heterocycles. The minimum atomic E-state index is 0.185. The van der Waals surface area contributed by atoms with Gasteiger partial charge in [-0.15, -0.1) is 0 Å². The Kier molecular flexibility index (Phi) is 5.64. The van der Waals surface area contributed by atoms with Crippen molar-refractivity contribution < 1.29 is 0 Å². The zero-order valence-electron chi connectivity index (χ0n) is 11.7. The first-order chi connectivity index (χ1) is 10.1. The molecule has 0 spiro atoms. The fourth-order valence-electron chi connectivity index (χ4n) is 2.14. The number of nitriles is 1. The summed E-state index contributed by atoms with van der Waals surface area (Å²) in [7, 11) is 0. The maximum atomic E-state index is 8.93. The van der Waals surface area contributed by atoms with E-state index in [0.717, 1.165) is 24.1 Å². The van der Waals surface area contributed by atoms with E-state index in [9.17, 15) is 0 Å². The molecule has 0 radical (unpaired) electrons. The van der Waals surface area contributed by atoms with Crippen LogP contribution in [0.1, 0.15) is 29.7 Å². The van der Waals surface area contributed by atoms with Crippen LogP contribution in [0.25, 0.3) is 0 Å². The van der Waals surface area contributed by atoms with Crippen molar-refractivity contribution >= 4 is 23.2 Å². The fourth-order valence-corrected chi connectivity index (χ4v) is 2.65. The Hall–Kier alpha value is -1.53. The third kappa shape index (κ3) is 4.47.